The topological polar surface area (TPSA) is 54.9 Å². The number of rotatable bonds is 2. The SMILES string of the molecule is CC1(C)C2CCC1(C(=O)Nc1cccc(Cl)c1Cl)c1nc3ccccc3nc12. The molecular weight excluding hydrogens is 393 g/mol. The number of carbonyl (C=O) groups excluding carboxylic acids is 1. The van der Waals surface area contributed by atoms with Crippen molar-refractivity contribution in [2.24, 2.45) is 5.41 Å². The summed E-state index contributed by atoms with van der Waals surface area (Å²) >= 11 is 12.4. The summed E-state index contributed by atoms with van der Waals surface area (Å²) in [7, 11) is 0. The third kappa shape index (κ3) is 2.16. The Labute approximate surface area is 173 Å². The summed E-state index contributed by atoms with van der Waals surface area (Å²) < 4.78 is 0. The highest BCUT2D eigenvalue weighted by Gasteiger charge is 2.67. The quantitative estimate of drug-likeness (QED) is 0.585. The average Bonchev–Trinajstić information content (AvgIpc) is 3.05. The molecule has 142 valence electrons. The maximum absolute atomic E-state index is 13.7. The molecule has 0 saturated heterocycles. The Morgan fingerprint density at radius 2 is 1.79 bits per heavy atom. The first-order chi connectivity index (χ1) is 13.4. The van der Waals surface area contributed by atoms with E-state index < -0.39 is 5.41 Å². The van der Waals surface area contributed by atoms with Gasteiger partial charge in [0.15, 0.2) is 0 Å². The second-order valence-corrected chi connectivity index (χ2v) is 9.01. The number of nitrogens with one attached hydrogen (secondary N) is 1. The van der Waals surface area contributed by atoms with E-state index in [1.807, 2.05) is 24.3 Å². The lowest BCUT2D eigenvalue weighted by Crippen LogP contribution is -2.46. The number of carbonyl (C=O) groups is 1. The van der Waals surface area contributed by atoms with Crippen LogP contribution in [0.25, 0.3) is 11.0 Å². The Morgan fingerprint density at radius 1 is 1.07 bits per heavy atom. The van der Waals surface area contributed by atoms with Gasteiger partial charge >= 0.3 is 0 Å². The van der Waals surface area contributed by atoms with Crippen LogP contribution in [0.3, 0.4) is 0 Å². The number of amides is 1. The van der Waals surface area contributed by atoms with Gasteiger partial charge in [-0.15, -0.1) is 0 Å². The molecule has 0 aliphatic heterocycles. The van der Waals surface area contributed by atoms with Gasteiger partial charge < -0.3 is 5.32 Å². The van der Waals surface area contributed by atoms with Gasteiger partial charge in [0.25, 0.3) is 0 Å². The molecule has 2 aliphatic rings. The van der Waals surface area contributed by atoms with Gasteiger partial charge in [-0.3, -0.25) is 4.79 Å². The first-order valence-electron chi connectivity index (χ1n) is 9.39. The van der Waals surface area contributed by atoms with E-state index in [4.69, 9.17) is 33.2 Å². The van der Waals surface area contributed by atoms with Crippen molar-refractivity contribution in [1.82, 2.24) is 9.97 Å². The van der Waals surface area contributed by atoms with Gasteiger partial charge in [-0.2, -0.15) is 0 Å². The molecular formula is C22H19Cl2N3O. The van der Waals surface area contributed by atoms with Crippen LogP contribution in [-0.4, -0.2) is 15.9 Å². The van der Waals surface area contributed by atoms with Crippen LogP contribution in [0.5, 0.6) is 0 Å². The van der Waals surface area contributed by atoms with Gasteiger partial charge in [-0.25, -0.2) is 9.97 Å². The molecule has 1 N–H and O–H groups in total. The molecule has 6 heteroatoms. The molecule has 2 aromatic carbocycles. The van der Waals surface area contributed by atoms with E-state index >= 15 is 0 Å². The number of para-hydroxylation sites is 2. The van der Waals surface area contributed by atoms with Crippen molar-refractivity contribution in [3.63, 3.8) is 0 Å². The average molecular weight is 412 g/mol. The van der Waals surface area contributed by atoms with Crippen LogP contribution in [0.1, 0.15) is 44.0 Å². The lowest BCUT2D eigenvalue weighted by Gasteiger charge is -2.36. The molecule has 1 heterocycles. The number of hydrogen-bond acceptors (Lipinski definition) is 3. The zero-order chi connectivity index (χ0) is 19.7. The largest absolute Gasteiger partial charge is 0.324 e. The number of halogens is 2. The number of fused-ring (bicyclic) bond motifs is 6. The summed E-state index contributed by atoms with van der Waals surface area (Å²) in [6.45, 7) is 4.30. The van der Waals surface area contributed by atoms with Crippen LogP contribution >= 0.6 is 23.2 Å². The highest BCUT2D eigenvalue weighted by Crippen LogP contribution is 2.67. The van der Waals surface area contributed by atoms with Crippen molar-refractivity contribution in [1.29, 1.82) is 0 Å². The van der Waals surface area contributed by atoms with Gasteiger partial charge in [0.2, 0.25) is 5.91 Å². The number of benzene rings is 2. The van der Waals surface area contributed by atoms with Crippen molar-refractivity contribution >= 4 is 45.8 Å². The second kappa shape index (κ2) is 5.91. The van der Waals surface area contributed by atoms with E-state index in [-0.39, 0.29) is 17.2 Å². The maximum atomic E-state index is 13.7. The van der Waals surface area contributed by atoms with Gasteiger partial charge in [0.1, 0.15) is 0 Å². The summed E-state index contributed by atoms with van der Waals surface area (Å²) in [4.78, 5) is 23.5. The fourth-order valence-electron chi connectivity index (χ4n) is 5.16. The summed E-state index contributed by atoms with van der Waals surface area (Å²) in [5.41, 5.74) is 2.95. The summed E-state index contributed by atoms with van der Waals surface area (Å²) in [6.07, 6.45) is 1.67. The Morgan fingerprint density at radius 3 is 2.54 bits per heavy atom. The first-order valence-corrected chi connectivity index (χ1v) is 10.1. The molecule has 2 bridgehead atoms. The number of aromatic nitrogens is 2. The maximum Gasteiger partial charge on any atom is 0.237 e. The normalized spacial score (nSPS) is 24.4. The van der Waals surface area contributed by atoms with Crippen LogP contribution in [0.4, 0.5) is 5.69 Å². The number of nitrogens with zero attached hydrogens (tertiary/aromatic N) is 2. The van der Waals surface area contributed by atoms with Gasteiger partial charge in [-0.1, -0.05) is 55.2 Å². The Kier molecular flexibility index (Phi) is 3.78. The Hall–Kier alpha value is -2.17. The van der Waals surface area contributed by atoms with E-state index in [9.17, 15) is 4.79 Å². The summed E-state index contributed by atoms with van der Waals surface area (Å²) in [5, 5.41) is 3.80. The third-order valence-electron chi connectivity index (χ3n) is 6.70. The Bertz CT molecular complexity index is 1140. The lowest BCUT2D eigenvalue weighted by molar-refractivity contribution is -0.124. The minimum absolute atomic E-state index is 0.0903. The van der Waals surface area contributed by atoms with Crippen LogP contribution < -0.4 is 5.32 Å². The number of anilines is 1. The fraction of sp³-hybridized carbons (Fsp3) is 0.318. The molecule has 0 spiro atoms. The van der Waals surface area contributed by atoms with E-state index in [1.165, 1.54) is 0 Å². The lowest BCUT2D eigenvalue weighted by atomic mass is 9.67. The molecule has 0 radical (unpaired) electrons. The van der Waals surface area contributed by atoms with E-state index in [2.05, 4.69) is 19.2 Å². The van der Waals surface area contributed by atoms with Crippen LogP contribution in [0.2, 0.25) is 10.0 Å². The van der Waals surface area contributed by atoms with Crippen molar-refractivity contribution in [2.75, 3.05) is 5.32 Å². The molecule has 5 rings (SSSR count). The molecule has 3 aromatic rings. The third-order valence-corrected chi connectivity index (χ3v) is 7.52. The van der Waals surface area contributed by atoms with Crippen molar-refractivity contribution < 1.29 is 4.79 Å². The highest BCUT2D eigenvalue weighted by atomic mass is 35.5. The molecule has 1 saturated carbocycles. The summed E-state index contributed by atoms with van der Waals surface area (Å²) in [5.74, 6) is 0.118. The molecule has 28 heavy (non-hydrogen) atoms. The zero-order valence-corrected chi connectivity index (χ0v) is 17.1. The zero-order valence-electron chi connectivity index (χ0n) is 15.6. The highest BCUT2D eigenvalue weighted by molar-refractivity contribution is 6.44. The van der Waals surface area contributed by atoms with Crippen LogP contribution in [-0.2, 0) is 10.2 Å². The monoisotopic (exact) mass is 411 g/mol. The molecule has 2 unspecified atom stereocenters. The number of hydrogen-bond donors (Lipinski definition) is 1. The minimum Gasteiger partial charge on any atom is -0.324 e. The predicted octanol–water partition coefficient (Wildman–Crippen LogP) is 5.73. The van der Waals surface area contributed by atoms with Gasteiger partial charge in [0.05, 0.1) is 43.6 Å². The van der Waals surface area contributed by atoms with Gasteiger partial charge in [0, 0.05) is 5.92 Å². The van der Waals surface area contributed by atoms with Gasteiger partial charge in [-0.05, 0) is 42.5 Å². The van der Waals surface area contributed by atoms with E-state index in [1.54, 1.807) is 18.2 Å². The summed E-state index contributed by atoms with van der Waals surface area (Å²) in [6, 6.07) is 13.1. The second-order valence-electron chi connectivity index (χ2n) is 8.22. The van der Waals surface area contributed by atoms with Crippen molar-refractivity contribution in [3.8, 4) is 0 Å². The minimum atomic E-state index is -0.740. The van der Waals surface area contributed by atoms with Crippen LogP contribution in [0, 0.1) is 5.41 Å². The van der Waals surface area contributed by atoms with Crippen LogP contribution in [0.15, 0.2) is 42.5 Å². The molecule has 2 atom stereocenters. The van der Waals surface area contributed by atoms with E-state index in [0.29, 0.717) is 15.7 Å². The van der Waals surface area contributed by atoms with Crippen molar-refractivity contribution in [2.45, 2.75) is 38.0 Å². The van der Waals surface area contributed by atoms with Crippen molar-refractivity contribution in [3.05, 3.63) is 63.9 Å². The standard InChI is InChI=1S/C22H19Cl2N3O/c1-21(2)12-10-11-22(21,20(28)27-16-9-5-6-13(23)17(16)24)19-18(12)25-14-7-3-4-8-15(14)26-19/h3-9,12H,10-11H2,1-2H3,(H,27,28). The molecule has 4 nitrogen and oxygen atoms in total. The molecule has 1 fully saturated rings. The first kappa shape index (κ1) is 17.9. The predicted molar refractivity (Wildman–Crippen MR) is 112 cm³/mol. The molecule has 1 amide bonds. The molecule has 1 aromatic heterocycles. The molecule has 2 aliphatic carbocycles. The Balaban J connectivity index is 1.67. The fourth-order valence-corrected chi connectivity index (χ4v) is 5.50. The van der Waals surface area contributed by atoms with E-state index in [0.717, 1.165) is 35.3 Å². The smallest absolute Gasteiger partial charge is 0.237 e.